The minimum absolute atomic E-state index is 0.621. The van der Waals surface area contributed by atoms with Gasteiger partial charge in [-0.15, -0.1) is 0 Å². The van der Waals surface area contributed by atoms with Crippen LogP contribution in [-0.4, -0.2) is 23.8 Å². The summed E-state index contributed by atoms with van der Waals surface area (Å²) in [6.45, 7) is 2.04. The van der Waals surface area contributed by atoms with Crippen LogP contribution in [0.1, 0.15) is 24.8 Å². The van der Waals surface area contributed by atoms with Crippen molar-refractivity contribution in [1.29, 1.82) is 0 Å². The molecule has 4 heteroatoms. The predicted octanol–water partition coefficient (Wildman–Crippen LogP) is 4.99. The van der Waals surface area contributed by atoms with E-state index in [1.807, 2.05) is 18.2 Å². The summed E-state index contributed by atoms with van der Waals surface area (Å²) in [5.41, 5.74) is 1.21. The molecular weight excluding hydrogens is 321 g/mol. The quantitative estimate of drug-likeness (QED) is 0.500. The maximum absolute atomic E-state index is 5.99. The van der Waals surface area contributed by atoms with Gasteiger partial charge in [-0.05, 0) is 44.1 Å². The molecule has 0 aliphatic heterocycles. The van der Waals surface area contributed by atoms with Gasteiger partial charge in [-0.3, -0.25) is 0 Å². The van der Waals surface area contributed by atoms with E-state index < -0.39 is 0 Å². The lowest BCUT2D eigenvalue weighted by Gasteiger charge is -2.16. The Kier molecular flexibility index (Phi) is 7.52. The molecule has 0 saturated carbocycles. The first-order valence-electron chi connectivity index (χ1n) is 5.82. The molecule has 0 bridgehead atoms. The molecule has 1 rings (SSSR count). The van der Waals surface area contributed by atoms with Gasteiger partial charge in [0.2, 0.25) is 0 Å². The molecule has 1 nitrogen and oxygen atoms in total. The fourth-order valence-corrected chi connectivity index (χ4v) is 2.40. The van der Waals surface area contributed by atoms with Crippen molar-refractivity contribution in [2.45, 2.75) is 25.8 Å². The van der Waals surface area contributed by atoms with E-state index >= 15 is 0 Å². The fraction of sp³-hybridized carbons (Fsp3) is 0.538. The van der Waals surface area contributed by atoms with Crippen LogP contribution in [0.3, 0.4) is 0 Å². The molecule has 0 atom stereocenters. The number of halogens is 3. The fourth-order valence-electron chi connectivity index (χ4n) is 1.68. The van der Waals surface area contributed by atoms with Crippen LogP contribution in [0.2, 0.25) is 10.0 Å². The van der Waals surface area contributed by atoms with Crippen LogP contribution in [0.25, 0.3) is 0 Å². The van der Waals surface area contributed by atoms with Crippen molar-refractivity contribution in [2.24, 2.45) is 0 Å². The average Bonchev–Trinajstić information content (AvgIpc) is 2.30. The van der Waals surface area contributed by atoms with Gasteiger partial charge in [0.25, 0.3) is 0 Å². The van der Waals surface area contributed by atoms with E-state index in [2.05, 4.69) is 27.9 Å². The van der Waals surface area contributed by atoms with Gasteiger partial charge in [-0.25, -0.2) is 0 Å². The number of alkyl halides is 1. The first-order chi connectivity index (χ1) is 8.13. The summed E-state index contributed by atoms with van der Waals surface area (Å²) in [5, 5.41) is 2.36. The van der Waals surface area contributed by atoms with Crippen molar-refractivity contribution < 1.29 is 0 Å². The molecule has 0 fully saturated rings. The van der Waals surface area contributed by atoms with Gasteiger partial charge in [0, 0.05) is 11.9 Å². The molecule has 0 N–H and O–H groups in total. The van der Waals surface area contributed by atoms with Crippen molar-refractivity contribution in [3.8, 4) is 0 Å². The summed E-state index contributed by atoms with van der Waals surface area (Å²) in [4.78, 5) is 2.31. The Morgan fingerprint density at radius 2 is 1.88 bits per heavy atom. The predicted molar refractivity (Wildman–Crippen MR) is 80.4 cm³/mol. The Hall–Kier alpha value is 0.240. The van der Waals surface area contributed by atoms with Crippen molar-refractivity contribution in [3.05, 3.63) is 33.8 Å². The number of nitrogens with zero attached hydrogens (tertiary/aromatic N) is 1. The Morgan fingerprint density at radius 3 is 2.53 bits per heavy atom. The van der Waals surface area contributed by atoms with E-state index in [-0.39, 0.29) is 0 Å². The number of unbranched alkanes of at least 4 members (excludes halogenated alkanes) is 2. The molecule has 1 aromatic carbocycles. The lowest BCUT2D eigenvalue weighted by molar-refractivity contribution is 0.318. The van der Waals surface area contributed by atoms with Gasteiger partial charge in [0.05, 0.1) is 10.0 Å². The molecule has 0 radical (unpaired) electrons. The molecule has 0 saturated heterocycles. The summed E-state index contributed by atoms with van der Waals surface area (Å²) >= 11 is 15.3. The molecule has 0 aromatic heterocycles. The van der Waals surface area contributed by atoms with Gasteiger partial charge in [-0.2, -0.15) is 0 Å². The summed E-state index contributed by atoms with van der Waals surface area (Å²) < 4.78 is 0. The minimum Gasteiger partial charge on any atom is -0.302 e. The third-order valence-electron chi connectivity index (χ3n) is 2.61. The van der Waals surface area contributed by atoms with Crippen LogP contribution in [-0.2, 0) is 6.54 Å². The van der Waals surface area contributed by atoms with Gasteiger partial charge >= 0.3 is 0 Å². The van der Waals surface area contributed by atoms with Crippen LogP contribution in [0.5, 0.6) is 0 Å². The third-order valence-corrected chi connectivity index (χ3v) is 3.91. The van der Waals surface area contributed by atoms with Crippen molar-refractivity contribution in [1.82, 2.24) is 4.90 Å². The largest absolute Gasteiger partial charge is 0.302 e. The zero-order valence-corrected chi connectivity index (χ0v) is 13.2. The summed E-state index contributed by atoms with van der Waals surface area (Å²) in [6, 6.07) is 5.83. The highest BCUT2D eigenvalue weighted by molar-refractivity contribution is 9.09. The Morgan fingerprint density at radius 1 is 1.12 bits per heavy atom. The van der Waals surface area contributed by atoms with Gasteiger partial charge < -0.3 is 4.90 Å². The Labute approximate surface area is 122 Å². The molecule has 0 amide bonds. The Bertz CT molecular complexity index is 344. The zero-order valence-electron chi connectivity index (χ0n) is 10.1. The van der Waals surface area contributed by atoms with E-state index in [1.54, 1.807) is 0 Å². The highest BCUT2D eigenvalue weighted by Gasteiger charge is 2.03. The minimum atomic E-state index is 0.621. The SMILES string of the molecule is CN(CCCCCBr)Cc1ccc(Cl)c(Cl)c1. The molecule has 0 spiro atoms. The highest BCUT2D eigenvalue weighted by atomic mass is 79.9. The second kappa shape index (κ2) is 8.36. The number of benzene rings is 1. The van der Waals surface area contributed by atoms with Crippen molar-refractivity contribution in [3.63, 3.8) is 0 Å². The summed E-state index contributed by atoms with van der Waals surface area (Å²) in [5.74, 6) is 0. The monoisotopic (exact) mass is 337 g/mol. The van der Waals surface area contributed by atoms with Crippen LogP contribution >= 0.6 is 39.1 Å². The van der Waals surface area contributed by atoms with E-state index in [0.29, 0.717) is 10.0 Å². The van der Waals surface area contributed by atoms with Gasteiger partial charge in [-0.1, -0.05) is 51.6 Å². The topological polar surface area (TPSA) is 3.24 Å². The zero-order chi connectivity index (χ0) is 12.7. The van der Waals surface area contributed by atoms with Gasteiger partial charge in [0.15, 0.2) is 0 Å². The molecule has 0 unspecified atom stereocenters. The maximum atomic E-state index is 5.99. The molecule has 0 heterocycles. The Balaban J connectivity index is 2.34. The number of hydrogen-bond donors (Lipinski definition) is 0. The third kappa shape index (κ3) is 6.10. The van der Waals surface area contributed by atoms with E-state index in [0.717, 1.165) is 18.4 Å². The smallest absolute Gasteiger partial charge is 0.0595 e. The molecule has 0 aliphatic rings. The standard InChI is InChI=1S/C13H18BrCl2N/c1-17(8-4-2-3-7-14)10-11-5-6-12(15)13(16)9-11/h5-6,9H,2-4,7-8,10H2,1H3. The molecule has 96 valence electrons. The lowest BCUT2D eigenvalue weighted by atomic mass is 10.2. The van der Waals surface area contributed by atoms with Crippen LogP contribution in [0.15, 0.2) is 18.2 Å². The second-order valence-electron chi connectivity index (χ2n) is 4.24. The molecular formula is C13H18BrCl2N. The average molecular weight is 339 g/mol. The van der Waals surface area contributed by atoms with Crippen molar-refractivity contribution >= 4 is 39.1 Å². The lowest BCUT2D eigenvalue weighted by Crippen LogP contribution is -2.19. The number of hydrogen-bond acceptors (Lipinski definition) is 1. The first-order valence-corrected chi connectivity index (χ1v) is 7.69. The van der Waals surface area contributed by atoms with E-state index in [4.69, 9.17) is 23.2 Å². The highest BCUT2D eigenvalue weighted by Crippen LogP contribution is 2.23. The molecule has 1 aromatic rings. The maximum Gasteiger partial charge on any atom is 0.0595 e. The van der Waals surface area contributed by atoms with Gasteiger partial charge in [0.1, 0.15) is 0 Å². The second-order valence-corrected chi connectivity index (χ2v) is 5.84. The van der Waals surface area contributed by atoms with Crippen molar-refractivity contribution in [2.75, 3.05) is 18.9 Å². The summed E-state index contributed by atoms with van der Waals surface area (Å²) in [7, 11) is 2.14. The van der Waals surface area contributed by atoms with Crippen LogP contribution in [0, 0.1) is 0 Å². The van der Waals surface area contributed by atoms with E-state index in [1.165, 1.54) is 24.8 Å². The van der Waals surface area contributed by atoms with Crippen LogP contribution < -0.4 is 0 Å². The first kappa shape index (κ1) is 15.3. The summed E-state index contributed by atoms with van der Waals surface area (Å²) in [6.07, 6.45) is 3.76. The molecule has 0 aliphatic carbocycles. The number of rotatable bonds is 7. The molecule has 17 heavy (non-hydrogen) atoms. The van der Waals surface area contributed by atoms with E-state index in [9.17, 15) is 0 Å². The normalized spacial score (nSPS) is 11.1. The van der Waals surface area contributed by atoms with Crippen LogP contribution in [0.4, 0.5) is 0 Å².